The second-order valence-corrected chi connectivity index (χ2v) is 9.47. The number of ether oxygens (including phenoxy) is 1. The summed E-state index contributed by atoms with van der Waals surface area (Å²) in [5.41, 5.74) is 2.51. The van der Waals surface area contributed by atoms with Crippen LogP contribution in [0.3, 0.4) is 0 Å². The third kappa shape index (κ3) is 5.72. The Morgan fingerprint density at radius 2 is 1.85 bits per heavy atom. The molecule has 0 saturated carbocycles. The van der Waals surface area contributed by atoms with Gasteiger partial charge in [0.25, 0.3) is 0 Å². The zero-order valence-electron chi connectivity index (χ0n) is 18.1. The summed E-state index contributed by atoms with van der Waals surface area (Å²) in [5, 5.41) is 0. The molecule has 2 unspecified atom stereocenters. The smallest absolute Gasteiger partial charge is 0.410 e. The van der Waals surface area contributed by atoms with Crippen LogP contribution in [-0.2, 0) is 9.53 Å². The first-order valence-corrected chi connectivity index (χ1v) is 9.67. The summed E-state index contributed by atoms with van der Waals surface area (Å²) in [6.45, 7) is 18.9. The van der Waals surface area contributed by atoms with Crippen molar-refractivity contribution < 1.29 is 14.3 Å². The molecule has 1 rings (SSSR count). The van der Waals surface area contributed by atoms with Crippen molar-refractivity contribution >= 4 is 12.4 Å². The Bertz CT molecular complexity index is 587. The van der Waals surface area contributed by atoms with Crippen LogP contribution >= 0.6 is 0 Å². The second-order valence-electron chi connectivity index (χ2n) is 9.47. The molecule has 0 bridgehead atoms. The summed E-state index contributed by atoms with van der Waals surface area (Å²) in [6, 6.07) is -0.0535. The van der Waals surface area contributed by atoms with Gasteiger partial charge in [0.2, 0.25) is 0 Å². The van der Waals surface area contributed by atoms with Crippen molar-refractivity contribution in [1.29, 1.82) is 0 Å². The van der Waals surface area contributed by atoms with E-state index in [1.54, 1.807) is 0 Å². The molecule has 1 amide bonds. The molecule has 0 aliphatic carbocycles. The maximum atomic E-state index is 12.8. The lowest BCUT2D eigenvalue weighted by Gasteiger charge is -2.44. The number of hydrogen-bond donors (Lipinski definition) is 0. The molecule has 148 valence electrons. The zero-order valence-corrected chi connectivity index (χ0v) is 18.1. The lowest BCUT2D eigenvalue weighted by Crippen LogP contribution is -2.52. The van der Waals surface area contributed by atoms with Gasteiger partial charge in [-0.05, 0) is 68.6 Å². The first kappa shape index (κ1) is 22.5. The molecule has 0 radical (unpaired) electrons. The molecular weight excluding hydrogens is 326 g/mol. The van der Waals surface area contributed by atoms with Gasteiger partial charge < -0.3 is 9.64 Å². The van der Waals surface area contributed by atoms with Gasteiger partial charge in [0.15, 0.2) is 0 Å². The SMILES string of the molecule is CCC(C)/C(C=O)=C\C1=C(C)C(C(C)(C)C)N(C(=O)OC(C)(C)C)CC1. The van der Waals surface area contributed by atoms with Crippen molar-refractivity contribution in [3.8, 4) is 0 Å². The van der Waals surface area contributed by atoms with Crippen LogP contribution in [0.2, 0.25) is 0 Å². The van der Waals surface area contributed by atoms with Crippen LogP contribution in [0, 0.1) is 11.3 Å². The maximum Gasteiger partial charge on any atom is 0.410 e. The Labute approximate surface area is 159 Å². The van der Waals surface area contributed by atoms with Crippen LogP contribution in [0.4, 0.5) is 4.79 Å². The molecule has 0 aromatic rings. The average Bonchev–Trinajstić information content (AvgIpc) is 2.49. The molecule has 1 heterocycles. The minimum Gasteiger partial charge on any atom is -0.444 e. The van der Waals surface area contributed by atoms with E-state index in [-0.39, 0.29) is 23.5 Å². The van der Waals surface area contributed by atoms with E-state index in [9.17, 15) is 9.59 Å². The highest BCUT2D eigenvalue weighted by atomic mass is 16.6. The molecule has 0 fully saturated rings. The summed E-state index contributed by atoms with van der Waals surface area (Å²) in [5.74, 6) is 0.241. The second kappa shape index (κ2) is 8.41. The molecular formula is C22H37NO3. The standard InChI is InChI=1S/C22H37NO3/c1-10-15(2)18(14-24)13-17-11-12-23(20(25)26-22(7,8)9)19(16(17)3)21(4,5)6/h13-15,19H,10-12H2,1-9H3/b18-13-. The molecule has 0 aromatic heterocycles. The quantitative estimate of drug-likeness (QED) is 0.487. The fraction of sp³-hybridized carbons (Fsp3) is 0.727. The maximum absolute atomic E-state index is 12.8. The van der Waals surface area contributed by atoms with E-state index < -0.39 is 5.60 Å². The van der Waals surface area contributed by atoms with E-state index in [4.69, 9.17) is 4.74 Å². The highest BCUT2D eigenvalue weighted by Gasteiger charge is 2.39. The van der Waals surface area contributed by atoms with Crippen LogP contribution in [0.25, 0.3) is 0 Å². The molecule has 4 nitrogen and oxygen atoms in total. The highest BCUT2D eigenvalue weighted by molar-refractivity contribution is 5.75. The summed E-state index contributed by atoms with van der Waals surface area (Å²) in [7, 11) is 0. The monoisotopic (exact) mass is 363 g/mol. The van der Waals surface area contributed by atoms with Crippen molar-refractivity contribution in [2.45, 2.75) is 86.8 Å². The number of aldehydes is 1. The van der Waals surface area contributed by atoms with E-state index in [0.29, 0.717) is 6.54 Å². The van der Waals surface area contributed by atoms with E-state index in [1.807, 2.05) is 31.7 Å². The van der Waals surface area contributed by atoms with Crippen molar-refractivity contribution in [2.24, 2.45) is 11.3 Å². The summed E-state index contributed by atoms with van der Waals surface area (Å²) < 4.78 is 5.64. The molecule has 1 aliphatic heterocycles. The lowest BCUT2D eigenvalue weighted by atomic mass is 9.77. The predicted molar refractivity (Wildman–Crippen MR) is 107 cm³/mol. The van der Waals surface area contributed by atoms with Gasteiger partial charge in [0.05, 0.1) is 6.04 Å². The molecule has 2 atom stereocenters. The van der Waals surface area contributed by atoms with Crippen molar-refractivity contribution in [2.75, 3.05) is 6.54 Å². The van der Waals surface area contributed by atoms with Gasteiger partial charge in [-0.3, -0.25) is 4.79 Å². The van der Waals surface area contributed by atoms with Gasteiger partial charge in [-0.1, -0.05) is 40.7 Å². The molecule has 0 aromatic carbocycles. The average molecular weight is 364 g/mol. The highest BCUT2D eigenvalue weighted by Crippen LogP contribution is 2.37. The number of hydrogen-bond acceptors (Lipinski definition) is 3. The minimum absolute atomic E-state index is 0.0535. The molecule has 0 saturated heterocycles. The van der Waals surface area contributed by atoms with Crippen LogP contribution in [0.15, 0.2) is 22.8 Å². The van der Waals surface area contributed by atoms with Gasteiger partial charge >= 0.3 is 6.09 Å². The third-order valence-corrected chi connectivity index (χ3v) is 4.96. The Morgan fingerprint density at radius 1 is 1.27 bits per heavy atom. The van der Waals surface area contributed by atoms with Crippen LogP contribution in [-0.4, -0.2) is 35.5 Å². The number of carbonyl (C=O) groups excluding carboxylic acids is 2. The van der Waals surface area contributed by atoms with Crippen LogP contribution in [0.1, 0.15) is 75.2 Å². The van der Waals surface area contributed by atoms with Crippen molar-refractivity contribution in [3.05, 3.63) is 22.8 Å². The van der Waals surface area contributed by atoms with Gasteiger partial charge in [-0.25, -0.2) is 4.79 Å². The van der Waals surface area contributed by atoms with Gasteiger partial charge in [0.1, 0.15) is 11.9 Å². The van der Waals surface area contributed by atoms with Crippen LogP contribution in [0.5, 0.6) is 0 Å². The molecule has 1 aliphatic rings. The number of rotatable bonds is 4. The Morgan fingerprint density at radius 3 is 2.27 bits per heavy atom. The van der Waals surface area contributed by atoms with E-state index in [2.05, 4.69) is 41.5 Å². The number of allylic oxidation sites excluding steroid dienone is 2. The molecule has 0 N–H and O–H groups in total. The van der Waals surface area contributed by atoms with E-state index in [1.165, 1.54) is 5.57 Å². The molecule has 26 heavy (non-hydrogen) atoms. The first-order valence-electron chi connectivity index (χ1n) is 9.67. The van der Waals surface area contributed by atoms with Gasteiger partial charge in [-0.2, -0.15) is 0 Å². The lowest BCUT2D eigenvalue weighted by molar-refractivity contribution is -0.105. The Kier molecular flexibility index (Phi) is 7.26. The largest absolute Gasteiger partial charge is 0.444 e. The van der Waals surface area contributed by atoms with Crippen LogP contribution < -0.4 is 0 Å². The van der Waals surface area contributed by atoms with Gasteiger partial charge in [0, 0.05) is 6.54 Å². The summed E-state index contributed by atoms with van der Waals surface area (Å²) in [4.78, 5) is 26.1. The third-order valence-electron chi connectivity index (χ3n) is 4.96. The molecule has 4 heteroatoms. The first-order chi connectivity index (χ1) is 11.8. The Balaban J connectivity index is 3.31. The number of carbonyl (C=O) groups is 2. The minimum atomic E-state index is -0.515. The zero-order chi connectivity index (χ0) is 20.3. The number of amides is 1. The predicted octanol–water partition coefficient (Wildman–Crippen LogP) is 5.53. The van der Waals surface area contributed by atoms with E-state index in [0.717, 1.165) is 30.3 Å². The normalized spacial score (nSPS) is 20.9. The topological polar surface area (TPSA) is 46.6 Å². The van der Waals surface area contributed by atoms with Crippen molar-refractivity contribution in [3.63, 3.8) is 0 Å². The fourth-order valence-electron chi connectivity index (χ4n) is 3.53. The summed E-state index contributed by atoms with van der Waals surface area (Å²) >= 11 is 0. The number of nitrogens with zero attached hydrogens (tertiary/aromatic N) is 1. The van der Waals surface area contributed by atoms with E-state index >= 15 is 0 Å². The summed E-state index contributed by atoms with van der Waals surface area (Å²) in [6.07, 6.45) is 4.43. The van der Waals surface area contributed by atoms with Gasteiger partial charge in [-0.15, -0.1) is 0 Å². The van der Waals surface area contributed by atoms with Crippen molar-refractivity contribution in [1.82, 2.24) is 4.90 Å². The molecule has 0 spiro atoms. The fourth-order valence-corrected chi connectivity index (χ4v) is 3.53. The Hall–Kier alpha value is -1.58.